The third-order valence-corrected chi connectivity index (χ3v) is 5.88. The summed E-state index contributed by atoms with van der Waals surface area (Å²) in [4.78, 5) is 13.1. The maximum absolute atomic E-state index is 12.4. The van der Waals surface area contributed by atoms with Gasteiger partial charge in [-0.1, -0.05) is 18.3 Å². The van der Waals surface area contributed by atoms with Gasteiger partial charge in [0.1, 0.15) is 11.5 Å². The summed E-state index contributed by atoms with van der Waals surface area (Å²) in [5, 5.41) is 13.8. The van der Waals surface area contributed by atoms with Crippen LogP contribution in [0.5, 0.6) is 0 Å². The molecule has 3 rings (SSSR count). The molecule has 1 heterocycles. The number of amides is 1. The summed E-state index contributed by atoms with van der Waals surface area (Å²) in [6, 6.07) is 2.07. The Labute approximate surface area is 129 Å². The number of fused-ring (bicyclic) bond motifs is 2. The highest BCUT2D eigenvalue weighted by Crippen LogP contribution is 2.49. The van der Waals surface area contributed by atoms with Crippen molar-refractivity contribution in [3.63, 3.8) is 0 Å². The number of aliphatic hydroxyl groups is 1. The van der Waals surface area contributed by atoms with Crippen LogP contribution in [0, 0.1) is 29.6 Å². The molecule has 4 heteroatoms. The van der Waals surface area contributed by atoms with Crippen LogP contribution in [0.3, 0.4) is 0 Å². The first-order valence-electron chi connectivity index (χ1n) is 7.67. The van der Waals surface area contributed by atoms with Crippen LogP contribution in [0.2, 0.25) is 0 Å². The molecule has 1 aromatic heterocycles. The number of nitrogens with one attached hydrogen (secondary N) is 1. The van der Waals surface area contributed by atoms with E-state index in [1.165, 1.54) is 37.0 Å². The summed E-state index contributed by atoms with van der Waals surface area (Å²) >= 11 is 1.41. The van der Waals surface area contributed by atoms with Gasteiger partial charge in [-0.25, -0.2) is 0 Å². The Hall–Kier alpha value is -1.31. The predicted octanol–water partition coefficient (Wildman–Crippen LogP) is 2.65. The number of hydrogen-bond acceptors (Lipinski definition) is 3. The van der Waals surface area contributed by atoms with Crippen molar-refractivity contribution in [2.75, 3.05) is 6.61 Å². The average Bonchev–Trinajstić information content (AvgIpc) is 3.20. The van der Waals surface area contributed by atoms with E-state index in [9.17, 15) is 4.79 Å². The zero-order chi connectivity index (χ0) is 14.8. The first-order chi connectivity index (χ1) is 10.2. The number of aliphatic hydroxyl groups excluding tert-OH is 1. The molecule has 0 spiro atoms. The van der Waals surface area contributed by atoms with Crippen LogP contribution in [-0.2, 0) is 0 Å². The molecule has 2 aliphatic rings. The molecular formula is C17H21NO2S. The molecule has 4 unspecified atom stereocenters. The fourth-order valence-electron chi connectivity index (χ4n) is 4.00. The van der Waals surface area contributed by atoms with Crippen LogP contribution in [0.1, 0.15) is 47.8 Å². The Morgan fingerprint density at radius 3 is 3.05 bits per heavy atom. The highest BCUT2D eigenvalue weighted by Gasteiger charge is 2.42. The average molecular weight is 303 g/mol. The molecule has 0 saturated heterocycles. The van der Waals surface area contributed by atoms with Gasteiger partial charge in [-0.2, -0.15) is 0 Å². The standard InChI is InChI=1S/C17H21NO2S/c1-11(15-10-12-4-5-14(15)9-12)18-17(20)16-13(3-2-7-19)6-8-21-16/h6,8,11-12,14-15,19H,4-5,7,9-10H2,1H3,(H,18,20). The minimum absolute atomic E-state index is 0.0255. The third-order valence-electron chi connectivity index (χ3n) is 4.97. The van der Waals surface area contributed by atoms with Crippen molar-refractivity contribution in [2.45, 2.75) is 38.6 Å². The molecule has 21 heavy (non-hydrogen) atoms. The molecule has 3 nitrogen and oxygen atoms in total. The Morgan fingerprint density at radius 1 is 1.52 bits per heavy atom. The van der Waals surface area contributed by atoms with Gasteiger partial charge in [0, 0.05) is 11.6 Å². The van der Waals surface area contributed by atoms with Gasteiger partial charge in [-0.15, -0.1) is 11.3 Å². The molecule has 2 N–H and O–H groups in total. The summed E-state index contributed by atoms with van der Waals surface area (Å²) in [6.07, 6.45) is 5.35. The van der Waals surface area contributed by atoms with E-state index in [0.29, 0.717) is 16.4 Å². The monoisotopic (exact) mass is 303 g/mol. The van der Waals surface area contributed by atoms with Gasteiger partial charge in [-0.3, -0.25) is 4.79 Å². The molecule has 0 radical (unpaired) electrons. The molecule has 112 valence electrons. The van der Waals surface area contributed by atoms with Crippen molar-refractivity contribution in [2.24, 2.45) is 17.8 Å². The fourth-order valence-corrected chi connectivity index (χ4v) is 4.76. The summed E-state index contributed by atoms with van der Waals surface area (Å²) < 4.78 is 0. The number of carbonyl (C=O) groups excluding carboxylic acids is 1. The van der Waals surface area contributed by atoms with Gasteiger partial charge in [0.15, 0.2) is 0 Å². The Kier molecular flexibility index (Phi) is 4.32. The van der Waals surface area contributed by atoms with E-state index >= 15 is 0 Å². The lowest BCUT2D eigenvalue weighted by molar-refractivity contribution is 0.0919. The van der Waals surface area contributed by atoms with Crippen molar-refractivity contribution in [3.8, 4) is 11.8 Å². The van der Waals surface area contributed by atoms with Gasteiger partial charge in [0.2, 0.25) is 0 Å². The van der Waals surface area contributed by atoms with Crippen molar-refractivity contribution < 1.29 is 9.90 Å². The van der Waals surface area contributed by atoms with Crippen LogP contribution >= 0.6 is 11.3 Å². The second-order valence-corrected chi connectivity index (χ2v) is 7.14. The maximum atomic E-state index is 12.4. The molecule has 2 fully saturated rings. The highest BCUT2D eigenvalue weighted by molar-refractivity contribution is 7.12. The van der Waals surface area contributed by atoms with Gasteiger partial charge in [-0.05, 0) is 55.4 Å². The van der Waals surface area contributed by atoms with E-state index in [1.54, 1.807) is 0 Å². The Morgan fingerprint density at radius 2 is 2.38 bits per heavy atom. The SMILES string of the molecule is CC(NC(=O)c1sccc1C#CCO)C1CC2CCC1C2. The van der Waals surface area contributed by atoms with Crippen LogP contribution in [0.25, 0.3) is 0 Å². The lowest BCUT2D eigenvalue weighted by Crippen LogP contribution is -2.40. The predicted molar refractivity (Wildman–Crippen MR) is 84.1 cm³/mol. The second-order valence-electron chi connectivity index (χ2n) is 6.22. The van der Waals surface area contributed by atoms with Crippen LogP contribution < -0.4 is 5.32 Å². The lowest BCUT2D eigenvalue weighted by Gasteiger charge is -2.28. The van der Waals surface area contributed by atoms with Crippen molar-refractivity contribution >= 4 is 17.2 Å². The van der Waals surface area contributed by atoms with E-state index in [2.05, 4.69) is 24.1 Å². The summed E-state index contributed by atoms with van der Waals surface area (Å²) in [5.74, 6) is 7.77. The van der Waals surface area contributed by atoms with Crippen molar-refractivity contribution in [1.82, 2.24) is 5.32 Å². The van der Waals surface area contributed by atoms with E-state index in [-0.39, 0.29) is 18.6 Å². The first-order valence-corrected chi connectivity index (χ1v) is 8.55. The minimum atomic E-state index is -0.182. The Bertz CT molecular complexity index is 583. The number of hydrogen-bond donors (Lipinski definition) is 2. The lowest BCUT2D eigenvalue weighted by atomic mass is 9.84. The van der Waals surface area contributed by atoms with Gasteiger partial charge < -0.3 is 10.4 Å². The molecule has 0 aliphatic heterocycles. The molecule has 0 aromatic carbocycles. The highest BCUT2D eigenvalue weighted by atomic mass is 32.1. The summed E-state index contributed by atoms with van der Waals surface area (Å²) in [6.45, 7) is 1.95. The molecule has 1 aromatic rings. The van der Waals surface area contributed by atoms with Gasteiger partial charge in [0.05, 0.1) is 0 Å². The molecule has 4 atom stereocenters. The van der Waals surface area contributed by atoms with E-state index in [0.717, 1.165) is 11.8 Å². The molecular weight excluding hydrogens is 282 g/mol. The Balaban J connectivity index is 1.65. The zero-order valence-corrected chi connectivity index (χ0v) is 13.1. The normalized spacial score (nSPS) is 28.0. The van der Waals surface area contributed by atoms with E-state index in [4.69, 9.17) is 5.11 Å². The third kappa shape index (κ3) is 3.00. The first kappa shape index (κ1) is 14.6. The molecule has 2 bridgehead atoms. The fraction of sp³-hybridized carbons (Fsp3) is 0.588. The molecule has 2 aliphatic carbocycles. The molecule has 1 amide bonds. The maximum Gasteiger partial charge on any atom is 0.262 e. The summed E-state index contributed by atoms with van der Waals surface area (Å²) in [5.41, 5.74) is 0.715. The number of carbonyl (C=O) groups is 1. The number of rotatable bonds is 3. The summed E-state index contributed by atoms with van der Waals surface area (Å²) in [7, 11) is 0. The topological polar surface area (TPSA) is 49.3 Å². The second kappa shape index (κ2) is 6.21. The largest absolute Gasteiger partial charge is 0.384 e. The minimum Gasteiger partial charge on any atom is -0.384 e. The smallest absolute Gasteiger partial charge is 0.262 e. The van der Waals surface area contributed by atoms with Crippen molar-refractivity contribution in [1.29, 1.82) is 0 Å². The molecule has 2 saturated carbocycles. The van der Waals surface area contributed by atoms with Gasteiger partial charge in [0.25, 0.3) is 5.91 Å². The zero-order valence-electron chi connectivity index (χ0n) is 12.3. The quantitative estimate of drug-likeness (QED) is 0.843. The van der Waals surface area contributed by atoms with E-state index in [1.807, 2.05) is 11.4 Å². The van der Waals surface area contributed by atoms with Crippen molar-refractivity contribution in [3.05, 3.63) is 21.9 Å². The van der Waals surface area contributed by atoms with Crippen LogP contribution in [-0.4, -0.2) is 23.7 Å². The van der Waals surface area contributed by atoms with Gasteiger partial charge >= 0.3 is 0 Å². The van der Waals surface area contributed by atoms with Crippen LogP contribution in [0.4, 0.5) is 0 Å². The van der Waals surface area contributed by atoms with Crippen LogP contribution in [0.15, 0.2) is 11.4 Å². The number of thiophene rings is 1. The van der Waals surface area contributed by atoms with E-state index < -0.39 is 0 Å².